The van der Waals surface area contributed by atoms with Gasteiger partial charge in [-0.2, -0.15) is 0 Å². The molecule has 0 radical (unpaired) electrons. The van der Waals surface area contributed by atoms with Crippen LogP contribution in [0.1, 0.15) is 38.6 Å². The van der Waals surface area contributed by atoms with Crippen molar-refractivity contribution in [2.45, 2.75) is 39.8 Å². The predicted octanol–water partition coefficient (Wildman–Crippen LogP) is 3.38. The molecule has 128 valence electrons. The second-order valence-electron chi connectivity index (χ2n) is 6.33. The Balaban J connectivity index is 1.66. The summed E-state index contributed by atoms with van der Waals surface area (Å²) in [5, 5.41) is 0.554. The molecule has 3 aromatic rings. The summed E-state index contributed by atoms with van der Waals surface area (Å²) in [6, 6.07) is 7.81. The SMILES string of the molecule is Cc1ccccc1COC(=O)c1sc2nc3n(c(=O)c2c1C)CCC3. The lowest BCUT2D eigenvalue weighted by Crippen LogP contribution is -2.20. The first-order valence-electron chi connectivity index (χ1n) is 8.30. The molecular formula is C19H18N2O3S. The average Bonchev–Trinajstić information content (AvgIpc) is 3.19. The van der Waals surface area contributed by atoms with Crippen molar-refractivity contribution in [1.29, 1.82) is 0 Å². The lowest BCUT2D eigenvalue weighted by Gasteiger charge is -2.06. The van der Waals surface area contributed by atoms with Gasteiger partial charge >= 0.3 is 5.97 Å². The maximum absolute atomic E-state index is 12.7. The van der Waals surface area contributed by atoms with Crippen LogP contribution in [-0.2, 0) is 24.3 Å². The number of aryl methyl sites for hydroxylation is 3. The minimum absolute atomic E-state index is 0.0378. The van der Waals surface area contributed by atoms with Crippen molar-refractivity contribution in [2.75, 3.05) is 0 Å². The number of rotatable bonds is 3. The summed E-state index contributed by atoms with van der Waals surface area (Å²) >= 11 is 1.25. The molecule has 1 aromatic carbocycles. The van der Waals surface area contributed by atoms with Crippen molar-refractivity contribution in [3.05, 3.63) is 62.0 Å². The second-order valence-corrected chi connectivity index (χ2v) is 7.33. The van der Waals surface area contributed by atoms with Gasteiger partial charge in [-0.3, -0.25) is 9.36 Å². The number of aromatic nitrogens is 2. The van der Waals surface area contributed by atoms with Gasteiger partial charge < -0.3 is 4.74 Å². The van der Waals surface area contributed by atoms with Gasteiger partial charge in [-0.15, -0.1) is 11.3 Å². The van der Waals surface area contributed by atoms with Crippen molar-refractivity contribution in [1.82, 2.24) is 9.55 Å². The predicted molar refractivity (Wildman–Crippen MR) is 97.2 cm³/mol. The standard InChI is InChI=1S/C19H18N2O3S/c1-11-6-3-4-7-13(11)10-24-19(23)16-12(2)15-17(25-16)20-14-8-5-9-21(14)18(15)22/h3-4,6-7H,5,8-10H2,1-2H3. The highest BCUT2D eigenvalue weighted by Crippen LogP contribution is 2.29. The highest BCUT2D eigenvalue weighted by Gasteiger charge is 2.24. The average molecular weight is 354 g/mol. The Morgan fingerprint density at radius 3 is 2.92 bits per heavy atom. The summed E-state index contributed by atoms with van der Waals surface area (Å²) in [5.41, 5.74) is 2.70. The molecule has 2 aromatic heterocycles. The van der Waals surface area contributed by atoms with Crippen LogP contribution in [0.25, 0.3) is 10.2 Å². The van der Waals surface area contributed by atoms with Gasteiger partial charge in [-0.25, -0.2) is 9.78 Å². The fourth-order valence-electron chi connectivity index (χ4n) is 3.25. The molecule has 4 rings (SSSR count). The Labute approximate surface area is 148 Å². The number of thiophene rings is 1. The Hall–Kier alpha value is -2.47. The lowest BCUT2D eigenvalue weighted by molar-refractivity contribution is 0.0477. The number of carbonyl (C=O) groups excluding carboxylic acids is 1. The first-order chi connectivity index (χ1) is 12.1. The largest absolute Gasteiger partial charge is 0.457 e. The minimum Gasteiger partial charge on any atom is -0.457 e. The molecular weight excluding hydrogens is 336 g/mol. The highest BCUT2D eigenvalue weighted by molar-refractivity contribution is 7.20. The van der Waals surface area contributed by atoms with Crippen LogP contribution in [-0.4, -0.2) is 15.5 Å². The maximum Gasteiger partial charge on any atom is 0.349 e. The van der Waals surface area contributed by atoms with Crippen molar-refractivity contribution in [2.24, 2.45) is 0 Å². The minimum atomic E-state index is -0.395. The molecule has 0 aliphatic carbocycles. The zero-order valence-electron chi connectivity index (χ0n) is 14.2. The monoisotopic (exact) mass is 354 g/mol. The molecule has 3 heterocycles. The van der Waals surface area contributed by atoms with E-state index >= 15 is 0 Å². The number of benzene rings is 1. The number of fused-ring (bicyclic) bond motifs is 2. The smallest absolute Gasteiger partial charge is 0.349 e. The summed E-state index contributed by atoms with van der Waals surface area (Å²) in [4.78, 5) is 30.9. The van der Waals surface area contributed by atoms with Crippen LogP contribution in [0.15, 0.2) is 29.1 Å². The molecule has 0 atom stereocenters. The van der Waals surface area contributed by atoms with E-state index in [1.807, 2.05) is 31.2 Å². The van der Waals surface area contributed by atoms with Crippen LogP contribution in [0.3, 0.4) is 0 Å². The van der Waals surface area contributed by atoms with Crippen LogP contribution in [0, 0.1) is 13.8 Å². The number of ether oxygens (including phenoxy) is 1. The van der Waals surface area contributed by atoms with Gasteiger partial charge in [0, 0.05) is 13.0 Å². The van der Waals surface area contributed by atoms with E-state index in [4.69, 9.17) is 4.74 Å². The van der Waals surface area contributed by atoms with E-state index in [0.29, 0.717) is 27.2 Å². The maximum atomic E-state index is 12.7. The third-order valence-electron chi connectivity index (χ3n) is 4.72. The van der Waals surface area contributed by atoms with Gasteiger partial charge in [0.15, 0.2) is 0 Å². The summed E-state index contributed by atoms with van der Waals surface area (Å²) in [6.07, 6.45) is 1.76. The molecule has 0 bridgehead atoms. The Kier molecular flexibility index (Phi) is 3.92. The normalized spacial score (nSPS) is 13.2. The third-order valence-corrected chi connectivity index (χ3v) is 5.88. The van der Waals surface area contributed by atoms with Crippen molar-refractivity contribution >= 4 is 27.5 Å². The fourth-order valence-corrected chi connectivity index (χ4v) is 4.34. The van der Waals surface area contributed by atoms with Gasteiger partial charge in [0.25, 0.3) is 5.56 Å². The molecule has 0 saturated heterocycles. The Bertz CT molecular complexity index is 1050. The molecule has 0 amide bonds. The molecule has 0 fully saturated rings. The van der Waals surface area contributed by atoms with E-state index in [1.165, 1.54) is 11.3 Å². The molecule has 0 N–H and O–H groups in total. The second kappa shape index (κ2) is 6.11. The van der Waals surface area contributed by atoms with E-state index in [2.05, 4.69) is 4.98 Å². The fraction of sp³-hybridized carbons (Fsp3) is 0.316. The first-order valence-corrected chi connectivity index (χ1v) is 9.12. The Morgan fingerprint density at radius 2 is 2.12 bits per heavy atom. The number of esters is 1. The molecule has 0 saturated carbocycles. The van der Waals surface area contributed by atoms with Crippen LogP contribution < -0.4 is 5.56 Å². The number of carbonyl (C=O) groups is 1. The van der Waals surface area contributed by atoms with Crippen molar-refractivity contribution in [3.8, 4) is 0 Å². The molecule has 6 heteroatoms. The van der Waals surface area contributed by atoms with Crippen LogP contribution in [0.4, 0.5) is 0 Å². The summed E-state index contributed by atoms with van der Waals surface area (Å²) in [5.74, 6) is 0.423. The zero-order chi connectivity index (χ0) is 17.6. The molecule has 0 spiro atoms. The molecule has 1 aliphatic heterocycles. The van der Waals surface area contributed by atoms with Gasteiger partial charge in [-0.05, 0) is 37.0 Å². The third kappa shape index (κ3) is 2.66. The lowest BCUT2D eigenvalue weighted by atomic mass is 10.1. The van der Waals surface area contributed by atoms with Crippen molar-refractivity contribution < 1.29 is 9.53 Å². The topological polar surface area (TPSA) is 61.2 Å². The number of hydrogen-bond donors (Lipinski definition) is 0. The summed E-state index contributed by atoms with van der Waals surface area (Å²) in [6.45, 7) is 4.72. The van der Waals surface area contributed by atoms with E-state index in [9.17, 15) is 9.59 Å². The van der Waals surface area contributed by atoms with Crippen molar-refractivity contribution in [3.63, 3.8) is 0 Å². The van der Waals surface area contributed by atoms with E-state index in [1.54, 1.807) is 11.5 Å². The number of nitrogens with zero attached hydrogens (tertiary/aromatic N) is 2. The summed E-state index contributed by atoms with van der Waals surface area (Å²) in [7, 11) is 0. The molecule has 0 unspecified atom stereocenters. The van der Waals surface area contributed by atoms with Gasteiger partial charge in [0.2, 0.25) is 0 Å². The quantitative estimate of drug-likeness (QED) is 0.677. The van der Waals surface area contributed by atoms with Gasteiger partial charge in [0.05, 0.1) is 5.39 Å². The van der Waals surface area contributed by atoms with Crippen LogP contribution in [0.5, 0.6) is 0 Å². The van der Waals surface area contributed by atoms with Gasteiger partial charge in [0.1, 0.15) is 22.1 Å². The Morgan fingerprint density at radius 1 is 1.32 bits per heavy atom. The van der Waals surface area contributed by atoms with Crippen LogP contribution in [0.2, 0.25) is 0 Å². The highest BCUT2D eigenvalue weighted by atomic mass is 32.1. The molecule has 5 nitrogen and oxygen atoms in total. The van der Waals surface area contributed by atoms with E-state index in [0.717, 1.165) is 29.8 Å². The first kappa shape index (κ1) is 16.0. The van der Waals surface area contributed by atoms with Crippen LogP contribution >= 0.6 is 11.3 Å². The van der Waals surface area contributed by atoms with Gasteiger partial charge in [-0.1, -0.05) is 24.3 Å². The van der Waals surface area contributed by atoms with E-state index < -0.39 is 5.97 Å². The zero-order valence-corrected chi connectivity index (χ0v) is 15.0. The molecule has 25 heavy (non-hydrogen) atoms. The molecule has 1 aliphatic rings. The van der Waals surface area contributed by atoms with E-state index in [-0.39, 0.29) is 12.2 Å². The summed E-state index contributed by atoms with van der Waals surface area (Å²) < 4.78 is 7.21. The number of hydrogen-bond acceptors (Lipinski definition) is 5.